The Labute approximate surface area is 122 Å². The number of hydrogen-bond donors (Lipinski definition) is 0. The molecule has 0 saturated heterocycles. The van der Waals surface area contributed by atoms with Crippen molar-refractivity contribution in [1.82, 2.24) is 0 Å². The van der Waals surface area contributed by atoms with Crippen LogP contribution >= 0.6 is 15.9 Å². The highest BCUT2D eigenvalue weighted by Crippen LogP contribution is 2.43. The van der Waals surface area contributed by atoms with Crippen molar-refractivity contribution in [3.8, 4) is 0 Å². The van der Waals surface area contributed by atoms with E-state index in [9.17, 15) is 10.1 Å². The Bertz CT molecular complexity index is 455. The second-order valence-corrected chi connectivity index (χ2v) is 6.88. The molecule has 104 valence electrons. The molecule has 4 heteroatoms. The zero-order valence-corrected chi connectivity index (χ0v) is 12.9. The predicted molar refractivity (Wildman–Crippen MR) is 80.7 cm³/mol. The maximum Gasteiger partial charge on any atom is 0.272 e. The molecular formula is C15H20BrNO2. The monoisotopic (exact) mass is 325 g/mol. The standard InChI is InChI=1S/C15H20BrNO2/c1-15(9-5-2-6-10-15)14(16)11-12-7-3-4-8-13(12)17(18)19/h3-4,7-8,14H,2,5-6,9-11H2,1H3. The lowest BCUT2D eigenvalue weighted by atomic mass is 9.72. The van der Waals surface area contributed by atoms with Crippen molar-refractivity contribution < 1.29 is 4.92 Å². The molecule has 0 N–H and O–H groups in total. The van der Waals surface area contributed by atoms with Crippen LogP contribution in [0.1, 0.15) is 44.6 Å². The fraction of sp³-hybridized carbons (Fsp3) is 0.600. The lowest BCUT2D eigenvalue weighted by Gasteiger charge is -2.38. The highest BCUT2D eigenvalue weighted by Gasteiger charge is 2.34. The Hall–Kier alpha value is -0.900. The van der Waals surface area contributed by atoms with Crippen molar-refractivity contribution in [2.75, 3.05) is 0 Å². The van der Waals surface area contributed by atoms with Crippen molar-refractivity contribution in [3.63, 3.8) is 0 Å². The molecule has 1 aromatic rings. The Morgan fingerprint density at radius 2 is 1.95 bits per heavy atom. The molecule has 1 aliphatic carbocycles. The minimum absolute atomic E-state index is 0.242. The van der Waals surface area contributed by atoms with Gasteiger partial charge in [-0.1, -0.05) is 60.3 Å². The van der Waals surface area contributed by atoms with Crippen LogP contribution in [0.25, 0.3) is 0 Å². The van der Waals surface area contributed by atoms with Gasteiger partial charge in [0.15, 0.2) is 0 Å². The van der Waals surface area contributed by atoms with E-state index in [4.69, 9.17) is 0 Å². The molecule has 1 aromatic carbocycles. The molecule has 1 fully saturated rings. The van der Waals surface area contributed by atoms with Crippen LogP contribution in [-0.2, 0) is 6.42 Å². The minimum Gasteiger partial charge on any atom is -0.258 e. The number of nitro groups is 1. The fourth-order valence-electron chi connectivity index (χ4n) is 2.97. The molecule has 0 bridgehead atoms. The maximum atomic E-state index is 11.0. The SMILES string of the molecule is CC1(C(Br)Cc2ccccc2[N+](=O)[O-])CCCCC1. The van der Waals surface area contributed by atoms with Gasteiger partial charge in [0.1, 0.15) is 0 Å². The average Bonchev–Trinajstić information content (AvgIpc) is 2.40. The van der Waals surface area contributed by atoms with Gasteiger partial charge in [-0.2, -0.15) is 0 Å². The van der Waals surface area contributed by atoms with Crippen LogP contribution < -0.4 is 0 Å². The first kappa shape index (κ1) is 14.5. The third-order valence-electron chi connectivity index (χ3n) is 4.34. The molecule has 0 aliphatic heterocycles. The van der Waals surface area contributed by atoms with Gasteiger partial charge in [-0.15, -0.1) is 0 Å². The number of nitro benzene ring substituents is 1. The number of nitrogens with zero attached hydrogens (tertiary/aromatic N) is 1. The molecule has 0 amide bonds. The molecule has 1 saturated carbocycles. The summed E-state index contributed by atoms with van der Waals surface area (Å²) in [5.74, 6) is 0. The molecule has 19 heavy (non-hydrogen) atoms. The topological polar surface area (TPSA) is 43.1 Å². The molecule has 1 atom stereocenters. The van der Waals surface area contributed by atoms with E-state index in [1.807, 2.05) is 12.1 Å². The molecule has 0 spiro atoms. The number of para-hydroxylation sites is 1. The highest BCUT2D eigenvalue weighted by molar-refractivity contribution is 9.09. The van der Waals surface area contributed by atoms with E-state index in [1.54, 1.807) is 12.1 Å². The second kappa shape index (κ2) is 6.04. The molecule has 3 nitrogen and oxygen atoms in total. The molecular weight excluding hydrogens is 306 g/mol. The Morgan fingerprint density at radius 3 is 2.58 bits per heavy atom. The van der Waals surface area contributed by atoms with Crippen LogP contribution in [-0.4, -0.2) is 9.75 Å². The Balaban J connectivity index is 2.14. The van der Waals surface area contributed by atoms with Crippen LogP contribution in [0.5, 0.6) is 0 Å². The summed E-state index contributed by atoms with van der Waals surface area (Å²) >= 11 is 3.79. The van der Waals surface area contributed by atoms with E-state index in [0.717, 1.165) is 12.0 Å². The van der Waals surface area contributed by atoms with E-state index in [1.165, 1.54) is 32.1 Å². The van der Waals surface area contributed by atoms with Crippen LogP contribution in [0.4, 0.5) is 5.69 Å². The van der Waals surface area contributed by atoms with Gasteiger partial charge in [-0.05, 0) is 24.7 Å². The fourth-order valence-corrected chi connectivity index (χ4v) is 3.78. The molecule has 1 aliphatic rings. The average molecular weight is 326 g/mol. The van der Waals surface area contributed by atoms with Gasteiger partial charge in [0.05, 0.1) is 4.92 Å². The zero-order chi connectivity index (χ0) is 13.9. The first-order valence-corrected chi connectivity index (χ1v) is 7.81. The van der Waals surface area contributed by atoms with Gasteiger partial charge in [0.2, 0.25) is 0 Å². The van der Waals surface area contributed by atoms with Crippen molar-refractivity contribution in [2.24, 2.45) is 5.41 Å². The number of rotatable bonds is 4. The van der Waals surface area contributed by atoms with Crippen molar-refractivity contribution in [1.29, 1.82) is 0 Å². The summed E-state index contributed by atoms with van der Waals surface area (Å²) in [6.07, 6.45) is 7.02. The molecule has 0 aromatic heterocycles. The minimum atomic E-state index is -0.280. The van der Waals surface area contributed by atoms with E-state index in [0.29, 0.717) is 4.83 Å². The van der Waals surface area contributed by atoms with Crippen LogP contribution in [0.3, 0.4) is 0 Å². The third kappa shape index (κ3) is 3.35. The summed E-state index contributed by atoms with van der Waals surface area (Å²) < 4.78 is 0. The largest absolute Gasteiger partial charge is 0.272 e. The summed E-state index contributed by atoms with van der Waals surface area (Å²) in [7, 11) is 0. The first-order chi connectivity index (χ1) is 9.03. The van der Waals surface area contributed by atoms with Gasteiger partial charge in [-0.25, -0.2) is 0 Å². The summed E-state index contributed by atoms with van der Waals surface area (Å²) in [6.45, 7) is 2.31. The quantitative estimate of drug-likeness (QED) is 0.450. The number of hydrogen-bond acceptors (Lipinski definition) is 2. The third-order valence-corrected chi connectivity index (χ3v) is 5.77. The van der Waals surface area contributed by atoms with Gasteiger partial charge in [0, 0.05) is 16.5 Å². The van der Waals surface area contributed by atoms with Crippen molar-refractivity contribution in [3.05, 3.63) is 39.9 Å². The molecule has 0 heterocycles. The summed E-state index contributed by atoms with van der Waals surface area (Å²) in [4.78, 5) is 11.1. The lowest BCUT2D eigenvalue weighted by molar-refractivity contribution is -0.385. The number of halogens is 1. The predicted octanol–water partition coefficient (Wildman–Crippen LogP) is 4.87. The molecule has 1 unspecified atom stereocenters. The van der Waals surface area contributed by atoms with Gasteiger partial charge in [0.25, 0.3) is 5.69 Å². The lowest BCUT2D eigenvalue weighted by Crippen LogP contribution is -2.31. The molecule has 0 radical (unpaired) electrons. The van der Waals surface area contributed by atoms with Crippen molar-refractivity contribution in [2.45, 2.75) is 50.3 Å². The zero-order valence-electron chi connectivity index (χ0n) is 11.3. The van der Waals surface area contributed by atoms with Gasteiger partial charge < -0.3 is 0 Å². The second-order valence-electron chi connectivity index (χ2n) is 5.77. The van der Waals surface area contributed by atoms with Crippen LogP contribution in [0.15, 0.2) is 24.3 Å². The van der Waals surface area contributed by atoms with Gasteiger partial charge >= 0.3 is 0 Å². The van der Waals surface area contributed by atoms with E-state index >= 15 is 0 Å². The summed E-state index contributed by atoms with van der Waals surface area (Å²) in [6, 6.07) is 7.08. The highest BCUT2D eigenvalue weighted by atomic mass is 79.9. The normalized spacial score (nSPS) is 19.9. The van der Waals surface area contributed by atoms with Gasteiger partial charge in [-0.3, -0.25) is 10.1 Å². The Kier molecular flexibility index (Phi) is 4.61. The van der Waals surface area contributed by atoms with E-state index in [-0.39, 0.29) is 16.0 Å². The smallest absolute Gasteiger partial charge is 0.258 e. The van der Waals surface area contributed by atoms with Crippen LogP contribution in [0, 0.1) is 15.5 Å². The number of benzene rings is 1. The first-order valence-electron chi connectivity index (χ1n) is 6.89. The maximum absolute atomic E-state index is 11.0. The number of alkyl halides is 1. The van der Waals surface area contributed by atoms with E-state index in [2.05, 4.69) is 22.9 Å². The molecule has 2 rings (SSSR count). The Morgan fingerprint density at radius 1 is 1.32 bits per heavy atom. The summed E-state index contributed by atoms with van der Waals surface area (Å²) in [5.41, 5.74) is 1.34. The van der Waals surface area contributed by atoms with Crippen molar-refractivity contribution >= 4 is 21.6 Å². The summed E-state index contributed by atoms with van der Waals surface area (Å²) in [5, 5.41) is 11.0. The van der Waals surface area contributed by atoms with E-state index < -0.39 is 0 Å². The van der Waals surface area contributed by atoms with Crippen LogP contribution in [0.2, 0.25) is 0 Å².